The maximum atomic E-state index is 11.5. The van der Waals surface area contributed by atoms with Gasteiger partial charge in [-0.15, -0.1) is 22.9 Å². The molecule has 1 aromatic rings. The Morgan fingerprint density at radius 2 is 2.39 bits per heavy atom. The minimum atomic E-state index is 0.0833. The first kappa shape index (κ1) is 15.4. The number of aromatic nitrogens is 1. The number of thiazole rings is 1. The lowest BCUT2D eigenvalue weighted by Crippen LogP contribution is -2.36. The van der Waals surface area contributed by atoms with Crippen LogP contribution in [0.3, 0.4) is 0 Å². The second-order valence-corrected chi connectivity index (χ2v) is 5.41. The Bertz CT molecular complexity index is 370. The second kappa shape index (κ2) is 8.45. The van der Waals surface area contributed by atoms with Gasteiger partial charge in [0.1, 0.15) is 0 Å². The van der Waals surface area contributed by atoms with Gasteiger partial charge in [-0.05, 0) is 13.5 Å². The number of nitrogens with one attached hydrogen (secondary N) is 1. The first-order valence-corrected chi connectivity index (χ1v) is 7.51. The van der Waals surface area contributed by atoms with Crippen molar-refractivity contribution in [2.24, 2.45) is 0 Å². The SMILES string of the molecule is CCCNC(=O)CN(C)CCc1nc(CCl)cs1. The largest absolute Gasteiger partial charge is 0.355 e. The Balaban J connectivity index is 2.23. The first-order chi connectivity index (χ1) is 8.65. The van der Waals surface area contributed by atoms with E-state index >= 15 is 0 Å². The van der Waals surface area contributed by atoms with Gasteiger partial charge in [-0.1, -0.05) is 6.92 Å². The molecule has 1 rings (SSSR count). The summed E-state index contributed by atoms with van der Waals surface area (Å²) in [6.45, 7) is 4.06. The summed E-state index contributed by atoms with van der Waals surface area (Å²) in [5.41, 5.74) is 0.931. The molecule has 1 amide bonds. The van der Waals surface area contributed by atoms with Gasteiger partial charge in [-0.3, -0.25) is 9.69 Å². The highest BCUT2D eigenvalue weighted by Crippen LogP contribution is 2.12. The maximum absolute atomic E-state index is 11.5. The van der Waals surface area contributed by atoms with E-state index in [4.69, 9.17) is 11.6 Å². The molecule has 0 atom stereocenters. The van der Waals surface area contributed by atoms with Gasteiger partial charge in [0.05, 0.1) is 23.1 Å². The molecule has 0 aliphatic heterocycles. The molecule has 102 valence electrons. The van der Waals surface area contributed by atoms with Crippen molar-refractivity contribution in [1.82, 2.24) is 15.2 Å². The van der Waals surface area contributed by atoms with E-state index < -0.39 is 0 Å². The molecule has 0 saturated carbocycles. The summed E-state index contributed by atoms with van der Waals surface area (Å²) in [4.78, 5) is 17.9. The highest BCUT2D eigenvalue weighted by molar-refractivity contribution is 7.09. The molecule has 1 aromatic heterocycles. The van der Waals surface area contributed by atoms with Crippen molar-refractivity contribution in [3.05, 3.63) is 16.1 Å². The smallest absolute Gasteiger partial charge is 0.234 e. The molecule has 1 heterocycles. The molecule has 1 N–H and O–H groups in total. The number of nitrogens with zero attached hydrogens (tertiary/aromatic N) is 2. The van der Waals surface area contributed by atoms with Crippen molar-refractivity contribution in [2.45, 2.75) is 25.6 Å². The fraction of sp³-hybridized carbons (Fsp3) is 0.667. The molecule has 0 bridgehead atoms. The van der Waals surface area contributed by atoms with Crippen LogP contribution in [0, 0.1) is 0 Å². The van der Waals surface area contributed by atoms with Crippen molar-refractivity contribution in [1.29, 1.82) is 0 Å². The molecule has 0 aliphatic carbocycles. The van der Waals surface area contributed by atoms with Crippen LogP contribution in [-0.4, -0.2) is 42.5 Å². The lowest BCUT2D eigenvalue weighted by molar-refractivity contribution is -0.121. The molecule has 0 spiro atoms. The minimum absolute atomic E-state index is 0.0833. The molecule has 18 heavy (non-hydrogen) atoms. The summed E-state index contributed by atoms with van der Waals surface area (Å²) in [6, 6.07) is 0. The molecule has 0 aliphatic rings. The molecule has 6 heteroatoms. The third kappa shape index (κ3) is 5.80. The van der Waals surface area contributed by atoms with E-state index in [2.05, 4.69) is 10.3 Å². The molecular weight excluding hydrogens is 270 g/mol. The summed E-state index contributed by atoms with van der Waals surface area (Å²) in [5.74, 6) is 0.547. The highest BCUT2D eigenvalue weighted by atomic mass is 35.5. The number of amides is 1. The van der Waals surface area contributed by atoms with E-state index in [0.717, 1.165) is 36.6 Å². The van der Waals surface area contributed by atoms with Gasteiger partial charge in [0, 0.05) is 24.9 Å². The standard InChI is InChI=1S/C12H20ClN3OS/c1-3-5-14-11(17)8-16(2)6-4-12-15-10(7-13)9-18-12/h9H,3-8H2,1-2H3,(H,14,17). The van der Waals surface area contributed by atoms with Gasteiger partial charge in [0.25, 0.3) is 0 Å². The zero-order valence-electron chi connectivity index (χ0n) is 10.9. The number of likely N-dealkylation sites (N-methyl/N-ethyl adjacent to an activating group) is 1. The second-order valence-electron chi connectivity index (χ2n) is 4.20. The molecule has 0 aromatic carbocycles. The van der Waals surface area contributed by atoms with Crippen LogP contribution in [0.25, 0.3) is 0 Å². The Morgan fingerprint density at radius 3 is 3.00 bits per heavy atom. The number of rotatable bonds is 8. The van der Waals surface area contributed by atoms with E-state index in [0.29, 0.717) is 12.4 Å². The lowest BCUT2D eigenvalue weighted by atomic mass is 10.4. The third-order valence-corrected chi connectivity index (χ3v) is 3.66. The topological polar surface area (TPSA) is 45.2 Å². The average Bonchev–Trinajstić information content (AvgIpc) is 2.82. The quantitative estimate of drug-likeness (QED) is 0.743. The summed E-state index contributed by atoms with van der Waals surface area (Å²) < 4.78 is 0. The van der Waals surface area contributed by atoms with Crippen LogP contribution in [0.15, 0.2) is 5.38 Å². The zero-order chi connectivity index (χ0) is 13.4. The van der Waals surface area contributed by atoms with Crippen LogP contribution < -0.4 is 5.32 Å². The Labute approximate surface area is 117 Å². The predicted octanol–water partition coefficient (Wildman–Crippen LogP) is 1.88. The number of alkyl halides is 1. The summed E-state index contributed by atoms with van der Waals surface area (Å²) in [5, 5.41) is 5.92. The lowest BCUT2D eigenvalue weighted by Gasteiger charge is -2.15. The van der Waals surface area contributed by atoms with Crippen LogP contribution in [0.5, 0.6) is 0 Å². The Kier molecular flexibility index (Phi) is 7.23. The van der Waals surface area contributed by atoms with Gasteiger partial charge < -0.3 is 5.32 Å². The van der Waals surface area contributed by atoms with Crippen LogP contribution in [0.2, 0.25) is 0 Å². The van der Waals surface area contributed by atoms with Crippen LogP contribution in [-0.2, 0) is 17.1 Å². The molecule has 0 fully saturated rings. The molecule has 0 radical (unpaired) electrons. The van der Waals surface area contributed by atoms with Crippen molar-refractivity contribution in [3.63, 3.8) is 0 Å². The third-order valence-electron chi connectivity index (χ3n) is 2.43. The first-order valence-electron chi connectivity index (χ1n) is 6.10. The van der Waals surface area contributed by atoms with Gasteiger partial charge >= 0.3 is 0 Å². The maximum Gasteiger partial charge on any atom is 0.234 e. The van der Waals surface area contributed by atoms with Gasteiger partial charge in [0.15, 0.2) is 0 Å². The zero-order valence-corrected chi connectivity index (χ0v) is 12.5. The normalized spacial score (nSPS) is 10.9. The molecule has 0 unspecified atom stereocenters. The number of halogens is 1. The number of carbonyl (C=O) groups is 1. The fourth-order valence-corrected chi connectivity index (χ4v) is 2.47. The minimum Gasteiger partial charge on any atom is -0.355 e. The average molecular weight is 290 g/mol. The van der Waals surface area contributed by atoms with Crippen molar-refractivity contribution in [3.8, 4) is 0 Å². The number of hydrogen-bond donors (Lipinski definition) is 1. The van der Waals surface area contributed by atoms with Crippen LogP contribution in [0.4, 0.5) is 0 Å². The van der Waals surface area contributed by atoms with Crippen molar-refractivity contribution >= 4 is 28.8 Å². The fourth-order valence-electron chi connectivity index (χ4n) is 1.46. The number of carbonyl (C=O) groups excluding carboxylic acids is 1. The van der Waals surface area contributed by atoms with Gasteiger partial charge in [-0.25, -0.2) is 4.98 Å². The van der Waals surface area contributed by atoms with E-state index in [1.165, 1.54) is 0 Å². The Hall–Kier alpha value is -0.650. The van der Waals surface area contributed by atoms with Crippen LogP contribution in [0.1, 0.15) is 24.0 Å². The highest BCUT2D eigenvalue weighted by Gasteiger charge is 2.07. The monoisotopic (exact) mass is 289 g/mol. The van der Waals surface area contributed by atoms with Gasteiger partial charge in [-0.2, -0.15) is 0 Å². The summed E-state index contributed by atoms with van der Waals surface area (Å²) in [6.07, 6.45) is 1.83. The van der Waals surface area contributed by atoms with Crippen LogP contribution >= 0.6 is 22.9 Å². The van der Waals surface area contributed by atoms with Crippen molar-refractivity contribution in [2.75, 3.05) is 26.7 Å². The molecule has 4 nitrogen and oxygen atoms in total. The molecule has 0 saturated heterocycles. The van der Waals surface area contributed by atoms with E-state index in [9.17, 15) is 4.79 Å². The predicted molar refractivity (Wildman–Crippen MR) is 76.2 cm³/mol. The number of hydrogen-bond acceptors (Lipinski definition) is 4. The summed E-state index contributed by atoms with van der Waals surface area (Å²) in [7, 11) is 1.95. The van der Waals surface area contributed by atoms with E-state index in [-0.39, 0.29) is 5.91 Å². The van der Waals surface area contributed by atoms with E-state index in [1.807, 2.05) is 24.3 Å². The van der Waals surface area contributed by atoms with E-state index in [1.54, 1.807) is 11.3 Å². The van der Waals surface area contributed by atoms with Crippen molar-refractivity contribution < 1.29 is 4.79 Å². The Morgan fingerprint density at radius 1 is 1.61 bits per heavy atom. The van der Waals surface area contributed by atoms with Gasteiger partial charge in [0.2, 0.25) is 5.91 Å². The summed E-state index contributed by atoms with van der Waals surface area (Å²) >= 11 is 7.33. The molecular formula is C12H20ClN3OS.